The van der Waals surface area contributed by atoms with Crippen molar-refractivity contribution >= 4 is 23.3 Å². The van der Waals surface area contributed by atoms with Gasteiger partial charge in [-0.3, -0.25) is 4.79 Å². The van der Waals surface area contributed by atoms with Gasteiger partial charge < -0.3 is 4.74 Å². The molecule has 28 heavy (non-hydrogen) atoms. The number of benzene rings is 1. The van der Waals surface area contributed by atoms with Crippen molar-refractivity contribution < 1.29 is 22.7 Å². The molecule has 2 heterocycles. The molecule has 0 radical (unpaired) electrons. The number of carbonyl (C=O) groups is 1. The van der Waals surface area contributed by atoms with Crippen molar-refractivity contribution in [3.8, 4) is 0 Å². The van der Waals surface area contributed by atoms with Gasteiger partial charge in [0.05, 0.1) is 0 Å². The fourth-order valence-corrected chi connectivity index (χ4v) is 2.95. The average Bonchev–Trinajstić information content (AvgIpc) is 3.05. The van der Waals surface area contributed by atoms with E-state index in [0.717, 1.165) is 4.52 Å². The van der Waals surface area contributed by atoms with E-state index in [1.54, 1.807) is 38.1 Å². The molecule has 0 aliphatic heterocycles. The van der Waals surface area contributed by atoms with Crippen LogP contribution in [0.1, 0.15) is 34.8 Å². The summed E-state index contributed by atoms with van der Waals surface area (Å²) in [5.41, 5.74) is 2.26. The molecule has 0 atom stereocenters. The summed E-state index contributed by atoms with van der Waals surface area (Å²) in [7, 11) is 0. The Kier molecular flexibility index (Phi) is 5.55. The largest absolute Gasteiger partial charge is 0.461 e. The number of ether oxygens (including phenoxy) is 1. The number of carbonyl (C=O) groups excluding carboxylic acids is 1. The summed E-state index contributed by atoms with van der Waals surface area (Å²) in [5, 5.41) is 3.99. The highest BCUT2D eigenvalue weighted by molar-refractivity contribution is 6.31. The molecule has 3 aromatic rings. The van der Waals surface area contributed by atoms with Gasteiger partial charge in [0.15, 0.2) is 0 Å². The number of esters is 1. The molecule has 10 heteroatoms. The number of halogens is 4. The molecule has 6 nitrogen and oxygen atoms in total. The zero-order chi connectivity index (χ0) is 20.5. The molecule has 2 aromatic heterocycles. The molecule has 0 unspecified atom stereocenters. The van der Waals surface area contributed by atoms with Gasteiger partial charge in [0.25, 0.3) is 11.6 Å². The fraction of sp³-hybridized carbons (Fsp3) is 0.333. The third-order valence-electron chi connectivity index (χ3n) is 4.23. The first kappa shape index (κ1) is 20.1. The van der Waals surface area contributed by atoms with E-state index in [1.807, 2.05) is 0 Å². The Morgan fingerprint density at radius 3 is 2.61 bits per heavy atom. The lowest BCUT2D eigenvalue weighted by molar-refractivity contribution is -0.145. The molecule has 0 fully saturated rings. The molecule has 0 aliphatic carbocycles. The summed E-state index contributed by atoms with van der Waals surface area (Å²) < 4.78 is 44.7. The zero-order valence-electron chi connectivity index (χ0n) is 15.0. The van der Waals surface area contributed by atoms with Crippen molar-refractivity contribution in [3.63, 3.8) is 0 Å². The maximum atomic E-state index is 12.8. The molecule has 1 aromatic carbocycles. The molecule has 0 saturated carbocycles. The van der Waals surface area contributed by atoms with Crippen LogP contribution in [0.2, 0.25) is 5.02 Å². The number of alkyl halides is 3. The van der Waals surface area contributed by atoms with Gasteiger partial charge in [0.1, 0.15) is 6.61 Å². The third-order valence-corrected chi connectivity index (χ3v) is 4.60. The van der Waals surface area contributed by atoms with Crippen molar-refractivity contribution in [2.24, 2.45) is 0 Å². The highest BCUT2D eigenvalue weighted by Gasteiger charge is 2.36. The van der Waals surface area contributed by atoms with Crippen LogP contribution in [0.4, 0.5) is 13.2 Å². The van der Waals surface area contributed by atoms with E-state index in [2.05, 4.69) is 15.1 Å². The smallest absolute Gasteiger partial charge is 0.453 e. The van der Waals surface area contributed by atoms with Gasteiger partial charge in [-0.1, -0.05) is 29.8 Å². The van der Waals surface area contributed by atoms with Crippen LogP contribution in [0.3, 0.4) is 0 Å². The van der Waals surface area contributed by atoms with E-state index >= 15 is 0 Å². The highest BCUT2D eigenvalue weighted by Crippen LogP contribution is 2.27. The minimum atomic E-state index is -4.66. The van der Waals surface area contributed by atoms with Crippen LogP contribution in [0.15, 0.2) is 24.3 Å². The fourth-order valence-electron chi connectivity index (χ4n) is 2.76. The van der Waals surface area contributed by atoms with Crippen molar-refractivity contribution in [1.82, 2.24) is 19.6 Å². The lowest BCUT2D eigenvalue weighted by atomic mass is 10.1. The second-order valence-corrected chi connectivity index (χ2v) is 6.57. The topological polar surface area (TPSA) is 69.4 Å². The molecule has 0 spiro atoms. The van der Waals surface area contributed by atoms with Crippen LogP contribution in [-0.2, 0) is 28.7 Å². The summed E-state index contributed by atoms with van der Waals surface area (Å²) in [6.45, 7) is 3.31. The van der Waals surface area contributed by atoms with Crippen molar-refractivity contribution in [3.05, 3.63) is 57.6 Å². The minimum absolute atomic E-state index is 0.0418. The molecule has 148 valence electrons. The van der Waals surface area contributed by atoms with E-state index in [9.17, 15) is 18.0 Å². The van der Waals surface area contributed by atoms with Crippen LogP contribution in [0.5, 0.6) is 0 Å². The number of aromatic nitrogens is 4. The van der Waals surface area contributed by atoms with Crippen LogP contribution < -0.4 is 0 Å². The molecule has 0 N–H and O–H groups in total. The molecule has 0 saturated heterocycles. The first-order valence-electron chi connectivity index (χ1n) is 8.36. The first-order valence-corrected chi connectivity index (χ1v) is 8.73. The van der Waals surface area contributed by atoms with Gasteiger partial charge in [-0.25, -0.2) is 9.50 Å². The normalized spacial score (nSPS) is 11.8. The maximum Gasteiger partial charge on any atom is 0.453 e. The quantitative estimate of drug-likeness (QED) is 0.590. The van der Waals surface area contributed by atoms with Crippen molar-refractivity contribution in [2.45, 2.75) is 39.5 Å². The second-order valence-electron chi connectivity index (χ2n) is 6.16. The number of aryl methyl sites for hydroxylation is 2. The van der Waals surface area contributed by atoms with Crippen LogP contribution in [0, 0.1) is 13.8 Å². The lowest BCUT2D eigenvalue weighted by Crippen LogP contribution is -2.11. The Morgan fingerprint density at radius 2 is 1.93 bits per heavy atom. The lowest BCUT2D eigenvalue weighted by Gasteiger charge is -2.10. The number of rotatable bonds is 5. The van der Waals surface area contributed by atoms with Gasteiger partial charge in [-0.15, -0.1) is 5.10 Å². The van der Waals surface area contributed by atoms with Crippen LogP contribution >= 0.6 is 11.6 Å². The minimum Gasteiger partial charge on any atom is -0.461 e. The Morgan fingerprint density at radius 1 is 1.21 bits per heavy atom. The summed E-state index contributed by atoms with van der Waals surface area (Å²) in [5.74, 6) is -1.83. The van der Waals surface area contributed by atoms with E-state index in [4.69, 9.17) is 16.3 Å². The summed E-state index contributed by atoms with van der Waals surface area (Å²) in [6, 6.07) is 7.02. The number of hydrogen-bond acceptors (Lipinski definition) is 5. The Hall–Kier alpha value is -2.68. The summed E-state index contributed by atoms with van der Waals surface area (Å²) in [4.78, 5) is 19.6. The molecule has 3 rings (SSSR count). The first-order chi connectivity index (χ1) is 13.2. The summed E-state index contributed by atoms with van der Waals surface area (Å²) >= 11 is 6.02. The monoisotopic (exact) mass is 412 g/mol. The predicted molar refractivity (Wildman–Crippen MR) is 94.8 cm³/mol. The summed E-state index contributed by atoms with van der Waals surface area (Å²) in [6.07, 6.45) is -4.36. The Balaban J connectivity index is 1.71. The molecular weight excluding hydrogens is 397 g/mol. The Labute approximate surface area is 163 Å². The molecule has 0 aliphatic rings. The van der Waals surface area contributed by atoms with Crippen molar-refractivity contribution in [2.75, 3.05) is 0 Å². The molecular formula is C18H16ClF3N4O2. The highest BCUT2D eigenvalue weighted by atomic mass is 35.5. The van der Waals surface area contributed by atoms with Gasteiger partial charge in [-0.2, -0.15) is 18.2 Å². The molecule has 0 amide bonds. The number of hydrogen-bond donors (Lipinski definition) is 0. The van der Waals surface area contributed by atoms with E-state index < -0.39 is 18.0 Å². The van der Waals surface area contributed by atoms with Gasteiger partial charge in [0, 0.05) is 28.4 Å². The maximum absolute atomic E-state index is 12.8. The van der Waals surface area contributed by atoms with E-state index in [1.165, 1.54) is 0 Å². The third kappa shape index (κ3) is 4.24. The van der Waals surface area contributed by atoms with Gasteiger partial charge >= 0.3 is 12.1 Å². The predicted octanol–water partition coefficient (Wildman–Crippen LogP) is 4.09. The van der Waals surface area contributed by atoms with Crippen LogP contribution in [-0.4, -0.2) is 25.6 Å². The van der Waals surface area contributed by atoms with E-state index in [0.29, 0.717) is 27.5 Å². The van der Waals surface area contributed by atoms with Crippen molar-refractivity contribution in [1.29, 1.82) is 0 Å². The van der Waals surface area contributed by atoms with E-state index in [-0.39, 0.29) is 25.2 Å². The van der Waals surface area contributed by atoms with Gasteiger partial charge in [-0.05, 0) is 31.9 Å². The molecule has 0 bridgehead atoms. The van der Waals surface area contributed by atoms with Crippen LogP contribution in [0.25, 0.3) is 5.78 Å². The average molecular weight is 413 g/mol. The van der Waals surface area contributed by atoms with Gasteiger partial charge in [0.2, 0.25) is 0 Å². The standard InChI is InChI=1S/C18H16ClF3N4O2/c1-10-13(7-8-15(27)28-9-12-5-3-4-6-14(12)19)11(2)26-17(23-10)24-16(25-26)18(20,21)22/h3-6H,7-9H2,1-2H3. The zero-order valence-corrected chi connectivity index (χ0v) is 15.8. The number of nitrogens with zero attached hydrogens (tertiary/aromatic N) is 4. The second kappa shape index (κ2) is 7.75. The number of fused-ring (bicyclic) bond motifs is 1. The Bertz CT molecular complexity index is 1030. The SMILES string of the molecule is Cc1nc2nc(C(F)(F)F)nn2c(C)c1CCC(=O)OCc1ccccc1Cl.